The topological polar surface area (TPSA) is 84.5 Å². The van der Waals surface area contributed by atoms with E-state index in [1.54, 1.807) is 24.3 Å². The minimum Gasteiger partial charge on any atom is -0.466 e. The Morgan fingerprint density at radius 3 is 1.44 bits per heavy atom. The molecule has 178 valence electrons. The molecule has 0 unspecified atom stereocenters. The van der Waals surface area contributed by atoms with Crippen LogP contribution in [0.2, 0.25) is 0 Å². The van der Waals surface area contributed by atoms with Crippen LogP contribution in [-0.4, -0.2) is 11.8 Å². The van der Waals surface area contributed by atoms with Gasteiger partial charge in [-0.15, -0.1) is 0 Å². The first-order valence-electron chi connectivity index (χ1n) is 12.3. The predicted molar refractivity (Wildman–Crippen MR) is 131 cm³/mol. The second-order valence-electron chi connectivity index (χ2n) is 9.92. The highest BCUT2D eigenvalue weighted by Gasteiger charge is 2.37. The van der Waals surface area contributed by atoms with Crippen LogP contribution in [0, 0.1) is 11.8 Å². The molecule has 2 saturated carbocycles. The number of aryl methyl sites for hydroxylation is 2. The molecule has 0 aliphatic heterocycles. The number of benzene rings is 1. The number of anilines is 2. The average molecular weight is 461 g/mol. The highest BCUT2D eigenvalue weighted by atomic mass is 16.3. The standard InChI is InChI=1S/C28H32N2O4/c1-17-15-23(17)25-11-7-21(33-25)9-13-27(31)29-19-3-5-20(6-4-19)30-28(32)14-10-22-8-12-26(34-22)24-16-18(24)2/h3-8,11-12,17-18,23-24H,9-10,13-16H2,1-2H3,(H,29,31)(H,30,32)/t17-,18+,23+,24-. The number of hydrogen-bond acceptors (Lipinski definition) is 4. The monoisotopic (exact) mass is 460 g/mol. The summed E-state index contributed by atoms with van der Waals surface area (Å²) in [6.45, 7) is 4.45. The first-order chi connectivity index (χ1) is 16.4. The van der Waals surface area contributed by atoms with Crippen molar-refractivity contribution in [2.45, 2.75) is 64.2 Å². The summed E-state index contributed by atoms with van der Waals surface area (Å²) in [5, 5.41) is 5.80. The Kier molecular flexibility index (Phi) is 6.31. The van der Waals surface area contributed by atoms with Crippen molar-refractivity contribution >= 4 is 23.2 Å². The Morgan fingerprint density at radius 2 is 1.09 bits per heavy atom. The molecule has 0 spiro atoms. The number of carbonyl (C=O) groups is 2. The van der Waals surface area contributed by atoms with E-state index in [4.69, 9.17) is 8.83 Å². The summed E-state index contributed by atoms with van der Waals surface area (Å²) in [5.41, 5.74) is 1.40. The molecule has 34 heavy (non-hydrogen) atoms. The van der Waals surface area contributed by atoms with Crippen molar-refractivity contribution in [3.8, 4) is 0 Å². The molecule has 6 nitrogen and oxygen atoms in total. The van der Waals surface area contributed by atoms with Crippen LogP contribution in [0.15, 0.2) is 57.4 Å². The van der Waals surface area contributed by atoms with Crippen molar-refractivity contribution in [3.05, 3.63) is 71.6 Å². The van der Waals surface area contributed by atoms with Crippen molar-refractivity contribution in [2.24, 2.45) is 11.8 Å². The Balaban J connectivity index is 1.03. The number of rotatable bonds is 10. The summed E-state index contributed by atoms with van der Waals surface area (Å²) < 4.78 is 11.7. The van der Waals surface area contributed by atoms with E-state index in [1.807, 2.05) is 24.3 Å². The first kappa shape index (κ1) is 22.5. The van der Waals surface area contributed by atoms with Crippen molar-refractivity contribution in [1.82, 2.24) is 0 Å². The molecule has 6 heteroatoms. The molecule has 2 amide bonds. The van der Waals surface area contributed by atoms with E-state index >= 15 is 0 Å². The molecule has 2 aliphatic rings. The molecule has 1 aromatic carbocycles. The molecule has 3 aromatic rings. The van der Waals surface area contributed by atoms with Gasteiger partial charge in [0.2, 0.25) is 11.8 Å². The third-order valence-corrected chi connectivity index (χ3v) is 6.96. The molecule has 2 fully saturated rings. The Morgan fingerprint density at radius 1 is 0.706 bits per heavy atom. The average Bonchev–Trinajstić information content (AvgIpc) is 3.58. The second-order valence-corrected chi connectivity index (χ2v) is 9.92. The number of nitrogens with one attached hydrogen (secondary N) is 2. The summed E-state index contributed by atoms with van der Waals surface area (Å²) in [7, 11) is 0. The summed E-state index contributed by atoms with van der Waals surface area (Å²) in [4.78, 5) is 24.6. The minimum absolute atomic E-state index is 0.0621. The van der Waals surface area contributed by atoms with Gasteiger partial charge in [0, 0.05) is 48.9 Å². The Labute approximate surface area is 200 Å². The van der Waals surface area contributed by atoms with Gasteiger partial charge in [-0.25, -0.2) is 0 Å². The van der Waals surface area contributed by atoms with E-state index in [0.29, 0.717) is 60.7 Å². The number of furan rings is 2. The fourth-order valence-corrected chi connectivity index (χ4v) is 4.45. The lowest BCUT2D eigenvalue weighted by Gasteiger charge is -2.08. The molecular weight excluding hydrogens is 428 g/mol. The fourth-order valence-electron chi connectivity index (χ4n) is 4.45. The largest absolute Gasteiger partial charge is 0.466 e. The van der Waals surface area contributed by atoms with Gasteiger partial charge in [0.05, 0.1) is 0 Å². The van der Waals surface area contributed by atoms with E-state index in [-0.39, 0.29) is 11.8 Å². The lowest BCUT2D eigenvalue weighted by Crippen LogP contribution is -2.13. The quantitative estimate of drug-likeness (QED) is 0.374. The smallest absolute Gasteiger partial charge is 0.224 e. The molecule has 5 rings (SSSR count). The van der Waals surface area contributed by atoms with Gasteiger partial charge in [-0.2, -0.15) is 0 Å². The molecule has 2 aliphatic carbocycles. The molecule has 2 aromatic heterocycles. The maximum atomic E-state index is 12.3. The highest BCUT2D eigenvalue weighted by Crippen LogP contribution is 2.48. The Bertz CT molecular complexity index is 1070. The summed E-state index contributed by atoms with van der Waals surface area (Å²) >= 11 is 0. The Hall–Kier alpha value is -3.28. The van der Waals surface area contributed by atoms with Crippen LogP contribution in [-0.2, 0) is 22.4 Å². The van der Waals surface area contributed by atoms with Crippen LogP contribution >= 0.6 is 0 Å². The van der Waals surface area contributed by atoms with Gasteiger partial charge in [-0.1, -0.05) is 13.8 Å². The van der Waals surface area contributed by atoms with Crippen LogP contribution in [0.1, 0.15) is 74.4 Å². The zero-order valence-corrected chi connectivity index (χ0v) is 19.8. The molecule has 0 saturated heterocycles. The van der Waals surface area contributed by atoms with E-state index in [2.05, 4.69) is 24.5 Å². The maximum Gasteiger partial charge on any atom is 0.224 e. The third-order valence-electron chi connectivity index (χ3n) is 6.96. The molecule has 2 heterocycles. The first-order valence-corrected chi connectivity index (χ1v) is 12.3. The van der Waals surface area contributed by atoms with Gasteiger partial charge in [0.25, 0.3) is 0 Å². The van der Waals surface area contributed by atoms with Gasteiger partial charge in [-0.05, 0) is 73.2 Å². The van der Waals surface area contributed by atoms with Gasteiger partial charge in [-0.3, -0.25) is 9.59 Å². The van der Waals surface area contributed by atoms with Gasteiger partial charge in [0.15, 0.2) is 0 Å². The molecule has 4 atom stereocenters. The number of hydrogen-bond donors (Lipinski definition) is 2. The van der Waals surface area contributed by atoms with Crippen molar-refractivity contribution < 1.29 is 18.4 Å². The second kappa shape index (κ2) is 9.53. The van der Waals surface area contributed by atoms with Gasteiger partial charge in [0.1, 0.15) is 23.0 Å². The number of amides is 2. The molecular formula is C28H32N2O4. The lowest BCUT2D eigenvalue weighted by molar-refractivity contribution is -0.117. The maximum absolute atomic E-state index is 12.3. The van der Waals surface area contributed by atoms with E-state index in [9.17, 15) is 9.59 Å². The lowest BCUT2D eigenvalue weighted by atomic mass is 10.2. The van der Waals surface area contributed by atoms with Gasteiger partial charge >= 0.3 is 0 Å². The zero-order valence-electron chi connectivity index (χ0n) is 19.8. The van der Waals surface area contributed by atoms with Crippen LogP contribution in [0.5, 0.6) is 0 Å². The molecule has 2 N–H and O–H groups in total. The summed E-state index contributed by atoms with van der Waals surface area (Å²) in [5.74, 6) is 6.19. The predicted octanol–water partition coefficient (Wildman–Crippen LogP) is 6.26. The van der Waals surface area contributed by atoms with E-state index in [0.717, 1.165) is 23.0 Å². The highest BCUT2D eigenvalue weighted by molar-refractivity contribution is 5.93. The van der Waals surface area contributed by atoms with Crippen molar-refractivity contribution in [1.29, 1.82) is 0 Å². The molecule has 0 radical (unpaired) electrons. The van der Waals surface area contributed by atoms with E-state index in [1.165, 1.54) is 12.8 Å². The van der Waals surface area contributed by atoms with Crippen LogP contribution < -0.4 is 10.6 Å². The summed E-state index contributed by atoms with van der Waals surface area (Å²) in [6.07, 6.45) is 4.26. The normalized spacial score (nSPS) is 22.9. The van der Waals surface area contributed by atoms with Crippen LogP contribution in [0.25, 0.3) is 0 Å². The van der Waals surface area contributed by atoms with Gasteiger partial charge < -0.3 is 19.5 Å². The zero-order chi connectivity index (χ0) is 23.7. The number of carbonyl (C=O) groups excluding carboxylic acids is 2. The molecule has 0 bridgehead atoms. The van der Waals surface area contributed by atoms with Crippen molar-refractivity contribution in [3.63, 3.8) is 0 Å². The third kappa shape index (κ3) is 5.61. The van der Waals surface area contributed by atoms with E-state index < -0.39 is 0 Å². The van der Waals surface area contributed by atoms with Crippen LogP contribution in [0.4, 0.5) is 11.4 Å². The minimum atomic E-state index is -0.0621. The SMILES string of the molecule is C[C@@H]1C[C@@H]1c1ccc(CCC(=O)Nc2ccc(NC(=O)CCc3ccc([C@@H]4C[C@@H]4C)o3)cc2)o1. The summed E-state index contributed by atoms with van der Waals surface area (Å²) in [6, 6.07) is 15.2. The van der Waals surface area contributed by atoms with Crippen molar-refractivity contribution in [2.75, 3.05) is 10.6 Å². The fraction of sp³-hybridized carbons (Fsp3) is 0.429. The van der Waals surface area contributed by atoms with Crippen LogP contribution in [0.3, 0.4) is 0 Å².